The summed E-state index contributed by atoms with van der Waals surface area (Å²) in [6, 6.07) is 16.2. The molecule has 6 nitrogen and oxygen atoms in total. The smallest absolute Gasteiger partial charge is 0.274 e. The molecule has 0 spiro atoms. The first-order valence-corrected chi connectivity index (χ1v) is 8.52. The van der Waals surface area contributed by atoms with Crippen LogP contribution in [0, 0.1) is 13.8 Å². The van der Waals surface area contributed by atoms with Crippen molar-refractivity contribution in [3.63, 3.8) is 0 Å². The van der Waals surface area contributed by atoms with Crippen molar-refractivity contribution in [2.75, 3.05) is 10.6 Å². The number of nitrogens with zero attached hydrogens (tertiary/aromatic N) is 2. The van der Waals surface area contributed by atoms with Crippen LogP contribution in [-0.2, 0) is 0 Å². The van der Waals surface area contributed by atoms with E-state index in [1.807, 2.05) is 31.2 Å². The molecule has 0 fully saturated rings. The van der Waals surface area contributed by atoms with Crippen molar-refractivity contribution in [3.05, 3.63) is 77.1 Å². The second kappa shape index (κ2) is 7.78. The van der Waals surface area contributed by atoms with Crippen molar-refractivity contribution in [2.45, 2.75) is 20.8 Å². The van der Waals surface area contributed by atoms with Crippen molar-refractivity contribution >= 4 is 29.0 Å². The molecule has 0 bridgehead atoms. The van der Waals surface area contributed by atoms with Gasteiger partial charge in [0.1, 0.15) is 5.69 Å². The Morgan fingerprint density at radius 1 is 0.852 bits per heavy atom. The number of carbonyl (C=O) groups is 2. The molecule has 0 saturated heterocycles. The Kier molecular flexibility index (Phi) is 5.26. The van der Waals surface area contributed by atoms with E-state index in [4.69, 9.17) is 0 Å². The lowest BCUT2D eigenvalue weighted by molar-refractivity contribution is 0.101. The minimum Gasteiger partial charge on any atom is -0.324 e. The molecule has 3 rings (SSSR count). The summed E-state index contributed by atoms with van der Waals surface area (Å²) in [6.45, 7) is 5.31. The third kappa shape index (κ3) is 4.76. The lowest BCUT2D eigenvalue weighted by atomic mass is 10.1. The fourth-order valence-corrected chi connectivity index (χ4v) is 2.49. The van der Waals surface area contributed by atoms with Crippen LogP contribution in [0.2, 0.25) is 0 Å². The van der Waals surface area contributed by atoms with Gasteiger partial charge in [0.05, 0.1) is 0 Å². The van der Waals surface area contributed by atoms with Crippen LogP contribution in [-0.4, -0.2) is 21.7 Å². The van der Waals surface area contributed by atoms with Crippen molar-refractivity contribution in [1.82, 2.24) is 9.97 Å². The lowest BCUT2D eigenvalue weighted by Gasteiger charge is -2.09. The molecule has 6 heteroatoms. The number of benzene rings is 2. The van der Waals surface area contributed by atoms with E-state index in [0.717, 1.165) is 11.3 Å². The van der Waals surface area contributed by atoms with E-state index in [2.05, 4.69) is 20.6 Å². The molecular weight excluding hydrogens is 340 g/mol. The van der Waals surface area contributed by atoms with Crippen molar-refractivity contribution in [3.8, 4) is 0 Å². The Balaban J connectivity index is 1.78. The largest absolute Gasteiger partial charge is 0.324 e. The summed E-state index contributed by atoms with van der Waals surface area (Å²) < 4.78 is 0. The number of hydrogen-bond acceptors (Lipinski definition) is 5. The zero-order valence-electron chi connectivity index (χ0n) is 15.4. The van der Waals surface area contributed by atoms with Gasteiger partial charge in [0, 0.05) is 22.6 Å². The lowest BCUT2D eigenvalue weighted by Crippen LogP contribution is -2.15. The van der Waals surface area contributed by atoms with Crippen LogP contribution in [0.1, 0.15) is 39.0 Å². The summed E-state index contributed by atoms with van der Waals surface area (Å²) in [5, 5.41) is 5.89. The molecular formula is C21H20N4O2. The summed E-state index contributed by atoms with van der Waals surface area (Å²) >= 11 is 0. The third-order valence-electron chi connectivity index (χ3n) is 3.94. The predicted octanol–water partition coefficient (Wildman–Crippen LogP) is 4.29. The highest BCUT2D eigenvalue weighted by Crippen LogP contribution is 2.16. The number of nitrogens with one attached hydrogen (secondary N) is 2. The van der Waals surface area contributed by atoms with Gasteiger partial charge in [0.2, 0.25) is 5.95 Å². The second-order valence-electron chi connectivity index (χ2n) is 6.30. The molecule has 0 atom stereocenters. The standard InChI is InChI=1S/C21H20N4O2/c1-13-4-8-17(9-5-13)23-20(27)19-12-14(2)22-21(25-19)24-18-10-6-16(7-11-18)15(3)26/h4-12H,1-3H3,(H,23,27)(H,22,24,25). The van der Waals surface area contributed by atoms with Gasteiger partial charge in [-0.3, -0.25) is 9.59 Å². The van der Waals surface area contributed by atoms with Crippen LogP contribution < -0.4 is 10.6 Å². The monoisotopic (exact) mass is 360 g/mol. The molecule has 1 amide bonds. The quantitative estimate of drug-likeness (QED) is 0.663. The van der Waals surface area contributed by atoms with Gasteiger partial charge in [-0.25, -0.2) is 9.97 Å². The highest BCUT2D eigenvalue weighted by atomic mass is 16.2. The zero-order chi connectivity index (χ0) is 19.4. The number of Topliss-reactive ketones (excluding diaryl/α,β-unsaturated/α-hetero) is 1. The van der Waals surface area contributed by atoms with Crippen LogP contribution in [0.15, 0.2) is 54.6 Å². The number of anilines is 3. The maximum Gasteiger partial charge on any atom is 0.274 e. The van der Waals surface area contributed by atoms with Crippen LogP contribution in [0.25, 0.3) is 0 Å². The van der Waals surface area contributed by atoms with E-state index in [-0.39, 0.29) is 17.4 Å². The molecule has 2 N–H and O–H groups in total. The molecule has 0 unspecified atom stereocenters. The number of rotatable bonds is 5. The number of amides is 1. The summed E-state index contributed by atoms with van der Waals surface area (Å²) in [7, 11) is 0. The molecule has 2 aromatic carbocycles. The molecule has 27 heavy (non-hydrogen) atoms. The first kappa shape index (κ1) is 18.3. The minimum atomic E-state index is -0.306. The molecule has 0 aliphatic heterocycles. The van der Waals surface area contributed by atoms with Gasteiger partial charge >= 0.3 is 0 Å². The summed E-state index contributed by atoms with van der Waals surface area (Å²) in [4.78, 5) is 32.5. The summed E-state index contributed by atoms with van der Waals surface area (Å²) in [5.74, 6) is 0.0161. The van der Waals surface area contributed by atoms with Gasteiger partial charge in [-0.2, -0.15) is 0 Å². The Morgan fingerprint density at radius 3 is 2.11 bits per heavy atom. The zero-order valence-corrected chi connectivity index (χ0v) is 15.4. The minimum absolute atomic E-state index is 0.00317. The molecule has 136 valence electrons. The van der Waals surface area contributed by atoms with Gasteiger partial charge in [-0.05, 0) is 63.2 Å². The second-order valence-corrected chi connectivity index (χ2v) is 6.30. The van der Waals surface area contributed by atoms with Gasteiger partial charge in [-0.15, -0.1) is 0 Å². The Labute approximate surface area is 157 Å². The molecule has 3 aromatic rings. The molecule has 0 aliphatic rings. The fraction of sp³-hybridized carbons (Fsp3) is 0.143. The number of aryl methyl sites for hydroxylation is 2. The Morgan fingerprint density at radius 2 is 1.48 bits per heavy atom. The van der Waals surface area contributed by atoms with Crippen LogP contribution >= 0.6 is 0 Å². The Hall–Kier alpha value is -3.54. The normalized spacial score (nSPS) is 10.3. The third-order valence-corrected chi connectivity index (χ3v) is 3.94. The van der Waals surface area contributed by atoms with Gasteiger partial charge in [0.15, 0.2) is 5.78 Å². The van der Waals surface area contributed by atoms with Crippen LogP contribution in [0.4, 0.5) is 17.3 Å². The number of hydrogen-bond donors (Lipinski definition) is 2. The van der Waals surface area contributed by atoms with Crippen molar-refractivity contribution in [1.29, 1.82) is 0 Å². The number of carbonyl (C=O) groups excluding carboxylic acids is 2. The average Bonchev–Trinajstić information content (AvgIpc) is 2.63. The van der Waals surface area contributed by atoms with Crippen molar-refractivity contribution in [2.24, 2.45) is 0 Å². The van der Waals surface area contributed by atoms with Crippen LogP contribution in [0.3, 0.4) is 0 Å². The van der Waals surface area contributed by atoms with E-state index in [1.165, 1.54) is 6.92 Å². The van der Waals surface area contributed by atoms with Gasteiger partial charge in [0.25, 0.3) is 5.91 Å². The average molecular weight is 360 g/mol. The first-order valence-electron chi connectivity index (χ1n) is 8.52. The van der Waals surface area contributed by atoms with Crippen LogP contribution in [0.5, 0.6) is 0 Å². The van der Waals surface area contributed by atoms with E-state index < -0.39 is 0 Å². The molecule has 0 saturated carbocycles. The highest BCUT2D eigenvalue weighted by molar-refractivity contribution is 6.03. The number of aromatic nitrogens is 2. The van der Waals surface area contributed by atoms with Gasteiger partial charge in [-0.1, -0.05) is 17.7 Å². The topological polar surface area (TPSA) is 84.0 Å². The molecule has 1 heterocycles. The SMILES string of the molecule is CC(=O)c1ccc(Nc2nc(C)cc(C(=O)Nc3ccc(C)cc3)n2)cc1. The van der Waals surface area contributed by atoms with E-state index in [0.29, 0.717) is 22.9 Å². The number of ketones is 1. The molecule has 1 aromatic heterocycles. The van der Waals surface area contributed by atoms with E-state index in [9.17, 15) is 9.59 Å². The predicted molar refractivity (Wildman–Crippen MR) is 106 cm³/mol. The van der Waals surface area contributed by atoms with E-state index in [1.54, 1.807) is 37.3 Å². The van der Waals surface area contributed by atoms with Crippen molar-refractivity contribution < 1.29 is 9.59 Å². The van der Waals surface area contributed by atoms with E-state index >= 15 is 0 Å². The Bertz CT molecular complexity index is 980. The van der Waals surface area contributed by atoms with Gasteiger partial charge < -0.3 is 10.6 Å². The molecule has 0 aliphatic carbocycles. The first-order chi connectivity index (χ1) is 12.9. The maximum absolute atomic E-state index is 12.5. The summed E-state index contributed by atoms with van der Waals surface area (Å²) in [5.41, 5.74) is 4.12. The molecule has 0 radical (unpaired) electrons. The maximum atomic E-state index is 12.5. The summed E-state index contributed by atoms with van der Waals surface area (Å²) in [6.07, 6.45) is 0. The highest BCUT2D eigenvalue weighted by Gasteiger charge is 2.11. The fourth-order valence-electron chi connectivity index (χ4n) is 2.49.